The van der Waals surface area contributed by atoms with Crippen molar-refractivity contribution in [2.75, 3.05) is 6.54 Å². The van der Waals surface area contributed by atoms with Crippen molar-refractivity contribution < 1.29 is 0 Å². The fraction of sp³-hybridized carbons (Fsp3) is 0.500. The lowest BCUT2D eigenvalue weighted by Crippen LogP contribution is -2.18. The second-order valence-electron chi connectivity index (χ2n) is 4.45. The first kappa shape index (κ1) is 10.2. The van der Waals surface area contributed by atoms with E-state index >= 15 is 0 Å². The summed E-state index contributed by atoms with van der Waals surface area (Å²) >= 11 is 3.48. The molecule has 2 N–H and O–H groups in total. The van der Waals surface area contributed by atoms with Crippen LogP contribution < -0.4 is 5.73 Å². The third-order valence-corrected chi connectivity index (χ3v) is 3.75. The van der Waals surface area contributed by atoms with E-state index in [1.54, 1.807) is 0 Å². The van der Waals surface area contributed by atoms with E-state index in [0.717, 1.165) is 17.4 Å². The van der Waals surface area contributed by atoms with Crippen molar-refractivity contribution in [3.05, 3.63) is 33.8 Å². The molecule has 2 rings (SSSR count). The van der Waals surface area contributed by atoms with Crippen LogP contribution >= 0.6 is 15.9 Å². The topological polar surface area (TPSA) is 26.0 Å². The average molecular weight is 254 g/mol. The Morgan fingerprint density at radius 2 is 2.14 bits per heavy atom. The Labute approximate surface area is 93.8 Å². The van der Waals surface area contributed by atoms with E-state index in [9.17, 15) is 0 Å². The normalized spacial score (nSPS) is 18.2. The maximum atomic E-state index is 5.79. The van der Waals surface area contributed by atoms with Gasteiger partial charge >= 0.3 is 0 Å². The molecule has 0 aromatic heterocycles. The largest absolute Gasteiger partial charge is 0.330 e. The number of hydrogen-bond donors (Lipinski definition) is 1. The quantitative estimate of drug-likeness (QED) is 0.881. The number of hydrogen-bond acceptors (Lipinski definition) is 1. The van der Waals surface area contributed by atoms with Crippen LogP contribution in [0.4, 0.5) is 0 Å². The first-order valence-corrected chi connectivity index (χ1v) is 5.90. The molecule has 0 spiro atoms. The molecular formula is C12H16BrN. The van der Waals surface area contributed by atoms with Crippen LogP contribution in [-0.4, -0.2) is 6.54 Å². The molecule has 0 unspecified atom stereocenters. The highest BCUT2D eigenvalue weighted by Gasteiger charge is 2.41. The summed E-state index contributed by atoms with van der Waals surface area (Å²) in [5, 5.41) is 0. The monoisotopic (exact) mass is 253 g/mol. The van der Waals surface area contributed by atoms with Crippen molar-refractivity contribution in [2.24, 2.45) is 11.1 Å². The number of aryl methyl sites for hydroxylation is 1. The van der Waals surface area contributed by atoms with Gasteiger partial charge in [-0.3, -0.25) is 0 Å². The number of rotatable bonds is 3. The minimum Gasteiger partial charge on any atom is -0.330 e. The van der Waals surface area contributed by atoms with Gasteiger partial charge in [0.2, 0.25) is 0 Å². The van der Waals surface area contributed by atoms with E-state index < -0.39 is 0 Å². The highest BCUT2D eigenvalue weighted by molar-refractivity contribution is 9.10. The third-order valence-electron chi connectivity index (χ3n) is 3.26. The molecule has 2 heteroatoms. The summed E-state index contributed by atoms with van der Waals surface area (Å²) in [5.74, 6) is 0. The Morgan fingerprint density at radius 3 is 2.64 bits per heavy atom. The lowest BCUT2D eigenvalue weighted by molar-refractivity contribution is 0.520. The van der Waals surface area contributed by atoms with Crippen molar-refractivity contribution in [1.29, 1.82) is 0 Å². The number of halogens is 1. The summed E-state index contributed by atoms with van der Waals surface area (Å²) < 4.78 is 1.16. The van der Waals surface area contributed by atoms with Crippen LogP contribution in [0.3, 0.4) is 0 Å². The minimum absolute atomic E-state index is 0.443. The van der Waals surface area contributed by atoms with Gasteiger partial charge in [0.15, 0.2) is 0 Å². The van der Waals surface area contributed by atoms with Gasteiger partial charge in [0.25, 0.3) is 0 Å². The van der Waals surface area contributed by atoms with E-state index in [0.29, 0.717) is 5.41 Å². The zero-order valence-corrected chi connectivity index (χ0v) is 10.1. The van der Waals surface area contributed by atoms with Gasteiger partial charge < -0.3 is 5.73 Å². The molecule has 1 nitrogen and oxygen atoms in total. The molecule has 1 fully saturated rings. The minimum atomic E-state index is 0.443. The maximum Gasteiger partial charge on any atom is 0.0178 e. The third kappa shape index (κ3) is 2.01. The summed E-state index contributed by atoms with van der Waals surface area (Å²) in [5.41, 5.74) is 9.06. The van der Waals surface area contributed by atoms with Crippen molar-refractivity contribution >= 4 is 15.9 Å². The zero-order valence-electron chi connectivity index (χ0n) is 8.52. The predicted molar refractivity (Wildman–Crippen MR) is 63.3 cm³/mol. The van der Waals surface area contributed by atoms with Crippen LogP contribution in [0.15, 0.2) is 22.7 Å². The van der Waals surface area contributed by atoms with Gasteiger partial charge in [0.05, 0.1) is 0 Å². The molecule has 0 amide bonds. The lowest BCUT2D eigenvalue weighted by atomic mass is 9.94. The summed E-state index contributed by atoms with van der Waals surface area (Å²) in [6.07, 6.45) is 3.76. The van der Waals surface area contributed by atoms with Crippen molar-refractivity contribution in [3.8, 4) is 0 Å². The summed E-state index contributed by atoms with van der Waals surface area (Å²) in [6.45, 7) is 3.01. The van der Waals surface area contributed by atoms with Crippen LogP contribution in [-0.2, 0) is 6.42 Å². The van der Waals surface area contributed by atoms with Crippen LogP contribution in [0.5, 0.6) is 0 Å². The number of benzene rings is 1. The van der Waals surface area contributed by atoms with Crippen LogP contribution in [0.2, 0.25) is 0 Å². The van der Waals surface area contributed by atoms with Gasteiger partial charge in [-0.05, 0) is 61.4 Å². The maximum absolute atomic E-state index is 5.79. The van der Waals surface area contributed by atoms with Crippen molar-refractivity contribution in [2.45, 2.75) is 26.2 Å². The van der Waals surface area contributed by atoms with Crippen molar-refractivity contribution in [3.63, 3.8) is 0 Å². The van der Waals surface area contributed by atoms with Crippen LogP contribution in [0, 0.1) is 12.3 Å². The Balaban J connectivity index is 2.17. The Kier molecular flexibility index (Phi) is 2.67. The van der Waals surface area contributed by atoms with Gasteiger partial charge in [-0.2, -0.15) is 0 Å². The summed E-state index contributed by atoms with van der Waals surface area (Å²) in [4.78, 5) is 0. The lowest BCUT2D eigenvalue weighted by Gasteiger charge is -2.14. The first-order valence-electron chi connectivity index (χ1n) is 5.10. The van der Waals surface area contributed by atoms with Crippen LogP contribution in [0.1, 0.15) is 24.0 Å². The molecule has 0 bridgehead atoms. The van der Waals surface area contributed by atoms with Crippen molar-refractivity contribution in [1.82, 2.24) is 0 Å². The SMILES string of the molecule is Cc1cc(Br)ccc1CC1(CN)CC1. The van der Waals surface area contributed by atoms with E-state index in [-0.39, 0.29) is 0 Å². The molecule has 0 radical (unpaired) electrons. The number of nitrogens with two attached hydrogens (primary N) is 1. The van der Waals surface area contributed by atoms with Gasteiger partial charge in [0.1, 0.15) is 0 Å². The molecule has 0 atom stereocenters. The summed E-state index contributed by atoms with van der Waals surface area (Å²) in [6, 6.07) is 6.52. The molecule has 0 aliphatic heterocycles. The molecular weight excluding hydrogens is 238 g/mol. The highest BCUT2D eigenvalue weighted by atomic mass is 79.9. The Hall–Kier alpha value is -0.340. The first-order chi connectivity index (χ1) is 6.65. The second kappa shape index (κ2) is 3.67. The van der Waals surface area contributed by atoms with E-state index in [1.807, 2.05) is 0 Å². The fourth-order valence-corrected chi connectivity index (χ4v) is 2.37. The Morgan fingerprint density at radius 1 is 1.43 bits per heavy atom. The second-order valence-corrected chi connectivity index (χ2v) is 5.37. The fourth-order valence-electron chi connectivity index (χ4n) is 1.89. The van der Waals surface area contributed by atoms with E-state index in [2.05, 4.69) is 41.1 Å². The van der Waals surface area contributed by atoms with Gasteiger partial charge in [-0.15, -0.1) is 0 Å². The van der Waals surface area contributed by atoms with Gasteiger partial charge in [-0.25, -0.2) is 0 Å². The molecule has 0 saturated heterocycles. The zero-order chi connectivity index (χ0) is 10.2. The molecule has 76 valence electrons. The summed E-state index contributed by atoms with van der Waals surface area (Å²) in [7, 11) is 0. The van der Waals surface area contributed by atoms with E-state index in [4.69, 9.17) is 5.73 Å². The molecule has 1 aliphatic rings. The molecule has 1 aromatic carbocycles. The standard InChI is InChI=1S/C12H16BrN/c1-9-6-11(13)3-2-10(9)7-12(8-14)4-5-12/h2-3,6H,4-5,7-8,14H2,1H3. The van der Waals surface area contributed by atoms with Crippen LogP contribution in [0.25, 0.3) is 0 Å². The molecule has 0 heterocycles. The average Bonchev–Trinajstić information content (AvgIpc) is 2.91. The van der Waals surface area contributed by atoms with E-state index in [1.165, 1.54) is 24.0 Å². The van der Waals surface area contributed by atoms with Gasteiger partial charge in [-0.1, -0.05) is 22.0 Å². The van der Waals surface area contributed by atoms with Gasteiger partial charge in [0, 0.05) is 4.47 Å². The highest BCUT2D eigenvalue weighted by Crippen LogP contribution is 2.47. The molecule has 14 heavy (non-hydrogen) atoms. The molecule has 1 aromatic rings. The molecule has 1 saturated carbocycles. The predicted octanol–water partition coefficient (Wildman–Crippen LogP) is 3.04. The smallest absolute Gasteiger partial charge is 0.0178 e. The molecule has 1 aliphatic carbocycles. The Bertz CT molecular complexity index is 342.